The van der Waals surface area contributed by atoms with Crippen molar-refractivity contribution in [2.24, 2.45) is 0 Å². The van der Waals surface area contributed by atoms with E-state index in [-0.39, 0.29) is 10.6 Å². The van der Waals surface area contributed by atoms with Crippen LogP contribution in [0.2, 0.25) is 5.02 Å². The van der Waals surface area contributed by atoms with Crippen molar-refractivity contribution in [2.45, 2.75) is 6.54 Å². The van der Waals surface area contributed by atoms with E-state index in [1.807, 2.05) is 30.3 Å². The number of halogens is 1. The number of nitro benzene ring substituents is 1. The monoisotopic (exact) mass is 406 g/mol. The van der Waals surface area contributed by atoms with Gasteiger partial charge in [-0.15, -0.1) is 0 Å². The Balaban J connectivity index is 2.06. The Morgan fingerprint density at radius 2 is 1.89 bits per heavy atom. The van der Waals surface area contributed by atoms with Crippen molar-refractivity contribution >= 4 is 29.2 Å². The summed E-state index contributed by atoms with van der Waals surface area (Å²) in [6.45, 7) is 0.377. The number of hydrogen-bond donors (Lipinski definition) is 0. The average molecular weight is 407 g/mol. The molecule has 2 aromatic carbocycles. The summed E-state index contributed by atoms with van der Waals surface area (Å²) < 4.78 is 10.0. The smallest absolute Gasteiger partial charge is 0.345 e. The Bertz CT molecular complexity index is 844. The maximum absolute atomic E-state index is 12.5. The van der Waals surface area contributed by atoms with Crippen LogP contribution < -0.4 is 0 Å². The van der Waals surface area contributed by atoms with E-state index in [2.05, 4.69) is 0 Å². The fourth-order valence-electron chi connectivity index (χ4n) is 2.42. The lowest BCUT2D eigenvalue weighted by Gasteiger charge is -2.22. The molecule has 8 nitrogen and oxygen atoms in total. The summed E-state index contributed by atoms with van der Waals surface area (Å²) in [5.74, 6) is -1.44. The Hall–Kier alpha value is -2.97. The second-order valence-electron chi connectivity index (χ2n) is 5.79. The van der Waals surface area contributed by atoms with Crippen LogP contribution in [0.3, 0.4) is 0 Å². The first kappa shape index (κ1) is 21.3. The zero-order valence-electron chi connectivity index (χ0n) is 15.2. The number of esters is 1. The average Bonchev–Trinajstić information content (AvgIpc) is 2.69. The zero-order chi connectivity index (χ0) is 20.5. The highest BCUT2D eigenvalue weighted by Gasteiger charge is 2.23. The van der Waals surface area contributed by atoms with Gasteiger partial charge in [-0.05, 0) is 17.7 Å². The molecule has 0 atom stereocenters. The molecule has 0 bridgehead atoms. The Kier molecular flexibility index (Phi) is 7.91. The molecule has 0 saturated carbocycles. The molecule has 0 radical (unpaired) electrons. The summed E-state index contributed by atoms with van der Waals surface area (Å²) in [6, 6.07) is 12.9. The van der Waals surface area contributed by atoms with Crippen molar-refractivity contribution in [3.05, 3.63) is 74.8 Å². The van der Waals surface area contributed by atoms with Gasteiger partial charge in [-0.2, -0.15) is 0 Å². The summed E-state index contributed by atoms with van der Waals surface area (Å²) >= 11 is 5.81. The number of benzene rings is 2. The van der Waals surface area contributed by atoms with Crippen molar-refractivity contribution in [3.8, 4) is 0 Å². The number of carbonyl (C=O) groups is 2. The van der Waals surface area contributed by atoms with Crippen LogP contribution in [-0.2, 0) is 20.8 Å². The normalized spacial score (nSPS) is 10.4. The van der Waals surface area contributed by atoms with Gasteiger partial charge < -0.3 is 14.4 Å². The van der Waals surface area contributed by atoms with E-state index in [0.717, 1.165) is 17.7 Å². The maximum atomic E-state index is 12.5. The highest BCUT2D eigenvalue weighted by molar-refractivity contribution is 6.31. The van der Waals surface area contributed by atoms with Crippen LogP contribution in [0.5, 0.6) is 0 Å². The first-order valence-electron chi connectivity index (χ1n) is 8.34. The van der Waals surface area contributed by atoms with E-state index in [0.29, 0.717) is 19.7 Å². The van der Waals surface area contributed by atoms with Crippen molar-refractivity contribution in [1.29, 1.82) is 0 Å². The highest BCUT2D eigenvalue weighted by Crippen LogP contribution is 2.23. The van der Waals surface area contributed by atoms with Crippen LogP contribution in [0.1, 0.15) is 15.9 Å². The number of hydrogen-bond acceptors (Lipinski definition) is 6. The van der Waals surface area contributed by atoms with Gasteiger partial charge in [-0.25, -0.2) is 4.79 Å². The number of nitrogens with zero attached hydrogens (tertiary/aromatic N) is 2. The molecule has 0 aliphatic rings. The number of carbonyl (C=O) groups excluding carboxylic acids is 2. The summed E-state index contributed by atoms with van der Waals surface area (Å²) in [5.41, 5.74) is 0.155. The van der Waals surface area contributed by atoms with Gasteiger partial charge in [0.15, 0.2) is 6.61 Å². The lowest BCUT2D eigenvalue weighted by Crippen LogP contribution is -2.36. The molecule has 148 valence electrons. The third kappa shape index (κ3) is 6.04. The van der Waals surface area contributed by atoms with Crippen molar-refractivity contribution < 1.29 is 24.0 Å². The minimum atomic E-state index is -0.992. The van der Waals surface area contributed by atoms with Gasteiger partial charge in [0.05, 0.1) is 11.5 Å². The van der Waals surface area contributed by atoms with Crippen LogP contribution in [0.15, 0.2) is 48.5 Å². The van der Waals surface area contributed by atoms with Crippen LogP contribution in [0, 0.1) is 10.1 Å². The molecule has 0 fully saturated rings. The molecule has 1 amide bonds. The second kappa shape index (κ2) is 10.4. The molecule has 0 heterocycles. The third-order valence-corrected chi connectivity index (χ3v) is 4.07. The largest absolute Gasteiger partial charge is 0.452 e. The Morgan fingerprint density at radius 3 is 2.54 bits per heavy atom. The standard InChI is InChI=1S/C19H19ClN2O6/c1-27-10-9-21(12-14-5-3-2-4-6-14)18(23)13-28-19(24)16-11-15(20)7-8-17(16)22(25)26/h2-8,11H,9-10,12-13H2,1H3. The molecule has 0 aromatic heterocycles. The van der Waals surface area contributed by atoms with Gasteiger partial charge in [-0.3, -0.25) is 14.9 Å². The molecule has 0 spiro atoms. The molecule has 0 unspecified atom stereocenters. The minimum Gasteiger partial charge on any atom is -0.452 e. The van der Waals surface area contributed by atoms with Crippen molar-refractivity contribution in [2.75, 3.05) is 26.9 Å². The molecule has 28 heavy (non-hydrogen) atoms. The van der Waals surface area contributed by atoms with Gasteiger partial charge >= 0.3 is 5.97 Å². The Morgan fingerprint density at radius 1 is 1.18 bits per heavy atom. The molecule has 2 aromatic rings. The summed E-state index contributed by atoms with van der Waals surface area (Å²) in [7, 11) is 1.52. The van der Waals surface area contributed by atoms with E-state index in [4.69, 9.17) is 21.1 Å². The maximum Gasteiger partial charge on any atom is 0.345 e. The van der Waals surface area contributed by atoms with Crippen LogP contribution >= 0.6 is 11.6 Å². The number of nitro groups is 1. The fourth-order valence-corrected chi connectivity index (χ4v) is 2.60. The predicted molar refractivity (Wildman–Crippen MR) is 102 cm³/mol. The minimum absolute atomic E-state index is 0.148. The van der Waals surface area contributed by atoms with Gasteiger partial charge in [0.1, 0.15) is 5.56 Å². The number of rotatable bonds is 9. The first-order valence-corrected chi connectivity index (χ1v) is 8.72. The summed E-state index contributed by atoms with van der Waals surface area (Å²) in [5, 5.41) is 11.2. The van der Waals surface area contributed by atoms with E-state index in [9.17, 15) is 19.7 Å². The highest BCUT2D eigenvalue weighted by atomic mass is 35.5. The first-order chi connectivity index (χ1) is 13.4. The van der Waals surface area contributed by atoms with Crippen LogP contribution in [0.4, 0.5) is 5.69 Å². The molecular weight excluding hydrogens is 388 g/mol. The quantitative estimate of drug-likeness (QED) is 0.360. The second-order valence-corrected chi connectivity index (χ2v) is 6.22. The van der Waals surface area contributed by atoms with Gasteiger partial charge in [0.2, 0.25) is 0 Å². The lowest BCUT2D eigenvalue weighted by molar-refractivity contribution is -0.385. The predicted octanol–water partition coefficient (Wildman–Crippen LogP) is 3.08. The molecule has 0 N–H and O–H groups in total. The molecule has 2 rings (SSSR count). The van der Waals surface area contributed by atoms with Crippen LogP contribution in [-0.4, -0.2) is 48.6 Å². The van der Waals surface area contributed by atoms with E-state index in [1.165, 1.54) is 18.1 Å². The van der Waals surface area contributed by atoms with Gasteiger partial charge in [-0.1, -0.05) is 41.9 Å². The zero-order valence-corrected chi connectivity index (χ0v) is 15.9. The molecule has 0 saturated heterocycles. The van der Waals surface area contributed by atoms with E-state index in [1.54, 1.807) is 0 Å². The molecule has 0 aliphatic heterocycles. The fraction of sp³-hybridized carbons (Fsp3) is 0.263. The van der Waals surface area contributed by atoms with E-state index < -0.39 is 29.1 Å². The van der Waals surface area contributed by atoms with Crippen LogP contribution in [0.25, 0.3) is 0 Å². The molecule has 9 heteroatoms. The third-order valence-electron chi connectivity index (χ3n) is 3.84. The lowest BCUT2D eigenvalue weighted by atomic mass is 10.2. The summed E-state index contributed by atoms with van der Waals surface area (Å²) in [4.78, 5) is 36.6. The number of amides is 1. The van der Waals surface area contributed by atoms with Crippen molar-refractivity contribution in [3.63, 3.8) is 0 Å². The molecule has 0 aliphatic carbocycles. The molecular formula is C19H19ClN2O6. The Labute approximate surface area is 166 Å². The van der Waals surface area contributed by atoms with Crippen molar-refractivity contribution in [1.82, 2.24) is 4.90 Å². The topological polar surface area (TPSA) is 99.0 Å². The number of ether oxygens (including phenoxy) is 2. The van der Waals surface area contributed by atoms with Gasteiger partial charge in [0, 0.05) is 31.3 Å². The summed E-state index contributed by atoms with van der Waals surface area (Å²) in [6.07, 6.45) is 0. The number of methoxy groups -OCH3 is 1. The van der Waals surface area contributed by atoms with Gasteiger partial charge in [0.25, 0.3) is 11.6 Å². The van der Waals surface area contributed by atoms with E-state index >= 15 is 0 Å². The SMILES string of the molecule is COCCN(Cc1ccccc1)C(=O)COC(=O)c1cc(Cl)ccc1[N+](=O)[O-].